The predicted molar refractivity (Wildman–Crippen MR) is 111 cm³/mol. The molecule has 1 fully saturated rings. The fraction of sp³-hybridized carbons (Fsp3) is 0.762. The lowest BCUT2D eigenvalue weighted by molar-refractivity contribution is -0.277. The number of rotatable bonds is 13. The van der Waals surface area contributed by atoms with Crippen LogP contribution in [0.15, 0.2) is 0 Å². The minimum absolute atomic E-state index is 0.0939. The number of amides is 1. The summed E-state index contributed by atoms with van der Waals surface area (Å²) >= 11 is 0. The van der Waals surface area contributed by atoms with Gasteiger partial charge in [0.25, 0.3) is 0 Å². The Bertz CT molecular complexity index is 696. The van der Waals surface area contributed by atoms with Crippen LogP contribution >= 0.6 is 0 Å². The molecule has 0 saturated carbocycles. The number of carbonyl (C=O) groups excluding carboxylic acids is 4. The fourth-order valence-electron chi connectivity index (χ4n) is 3.36. The Balaban J connectivity index is 2.98. The molecule has 0 spiro atoms. The van der Waals surface area contributed by atoms with E-state index in [4.69, 9.17) is 28.8 Å². The van der Waals surface area contributed by atoms with Gasteiger partial charge in [0.1, 0.15) is 18.8 Å². The van der Waals surface area contributed by atoms with Gasteiger partial charge in [-0.3, -0.25) is 24.0 Å². The van der Waals surface area contributed by atoms with Crippen molar-refractivity contribution in [1.82, 2.24) is 5.32 Å². The van der Waals surface area contributed by atoms with Crippen molar-refractivity contribution in [2.75, 3.05) is 13.2 Å². The number of unbranched alkanes of at least 4 members (excludes halogenated alkanes) is 3. The third kappa shape index (κ3) is 11.1. The summed E-state index contributed by atoms with van der Waals surface area (Å²) in [7, 11) is 0. The van der Waals surface area contributed by atoms with Crippen LogP contribution in [-0.2, 0) is 47.7 Å². The number of aliphatic carboxylic acids is 1. The first-order chi connectivity index (χ1) is 15.5. The standard InChI is InChI=1S/C21H33NO11/c1-12(23)22-18-20(32-15(4)26)19(31-14(3)25)16(11-30-13(2)24)33-21(18)29-10-8-6-5-7-9-17(27)28/h16,18-21H,5-11H2,1-4H3,(H,22,23)(H,27,28)/t16?,18?,19-,20+,21+/m0/s1. The van der Waals surface area contributed by atoms with Crippen molar-refractivity contribution in [2.45, 2.75) is 90.4 Å². The van der Waals surface area contributed by atoms with Crippen molar-refractivity contribution in [1.29, 1.82) is 0 Å². The number of esters is 3. The van der Waals surface area contributed by atoms with Gasteiger partial charge >= 0.3 is 23.9 Å². The molecule has 0 aromatic heterocycles. The van der Waals surface area contributed by atoms with Crippen molar-refractivity contribution in [3.8, 4) is 0 Å². The zero-order valence-electron chi connectivity index (χ0n) is 19.4. The maximum absolute atomic E-state index is 11.8. The second kappa shape index (κ2) is 14.4. The van der Waals surface area contributed by atoms with E-state index in [1.807, 2.05) is 0 Å². The Morgan fingerprint density at radius 2 is 1.45 bits per heavy atom. The zero-order valence-corrected chi connectivity index (χ0v) is 19.4. The number of carbonyl (C=O) groups is 5. The maximum Gasteiger partial charge on any atom is 0.303 e. The fourth-order valence-corrected chi connectivity index (χ4v) is 3.36. The molecule has 0 radical (unpaired) electrons. The van der Waals surface area contributed by atoms with Crippen LogP contribution in [0.1, 0.15) is 59.8 Å². The van der Waals surface area contributed by atoms with Gasteiger partial charge in [0.2, 0.25) is 5.91 Å². The topological polar surface area (TPSA) is 164 Å². The van der Waals surface area contributed by atoms with Gasteiger partial charge in [-0.15, -0.1) is 0 Å². The normalized spacial score (nSPS) is 24.4. The summed E-state index contributed by atoms with van der Waals surface area (Å²) < 4.78 is 27.4. The van der Waals surface area contributed by atoms with Crippen LogP contribution in [-0.4, -0.2) is 78.7 Å². The summed E-state index contributed by atoms with van der Waals surface area (Å²) in [6, 6.07) is -1.00. The van der Waals surface area contributed by atoms with Crippen molar-refractivity contribution in [3.63, 3.8) is 0 Å². The van der Waals surface area contributed by atoms with Crippen LogP contribution in [0.4, 0.5) is 0 Å². The van der Waals surface area contributed by atoms with Crippen molar-refractivity contribution in [2.24, 2.45) is 0 Å². The number of carboxylic acid groups (broad SMARTS) is 1. The molecular formula is C21H33NO11. The molecule has 1 amide bonds. The maximum atomic E-state index is 11.8. The molecule has 1 heterocycles. The Kier molecular flexibility index (Phi) is 12.4. The first-order valence-electron chi connectivity index (χ1n) is 10.7. The van der Waals surface area contributed by atoms with Crippen molar-refractivity contribution in [3.05, 3.63) is 0 Å². The molecule has 33 heavy (non-hydrogen) atoms. The summed E-state index contributed by atoms with van der Waals surface area (Å²) in [4.78, 5) is 57.2. The van der Waals surface area contributed by atoms with Gasteiger partial charge in [0.05, 0.1) is 0 Å². The minimum atomic E-state index is -1.17. The van der Waals surface area contributed by atoms with E-state index in [9.17, 15) is 24.0 Å². The number of hydrogen-bond donors (Lipinski definition) is 2. The second-order valence-corrected chi connectivity index (χ2v) is 7.65. The molecule has 1 aliphatic heterocycles. The van der Waals surface area contributed by atoms with E-state index in [1.54, 1.807) is 0 Å². The summed E-state index contributed by atoms with van der Waals surface area (Å²) in [5.74, 6) is -3.26. The highest BCUT2D eigenvalue weighted by molar-refractivity contribution is 5.73. The Hall–Kier alpha value is -2.73. The van der Waals surface area contributed by atoms with Crippen molar-refractivity contribution < 1.29 is 52.8 Å². The van der Waals surface area contributed by atoms with E-state index in [0.29, 0.717) is 25.7 Å². The molecule has 1 rings (SSSR count). The molecule has 0 bridgehead atoms. The van der Waals surface area contributed by atoms with E-state index in [2.05, 4.69) is 5.32 Å². The van der Waals surface area contributed by atoms with Crippen LogP contribution in [0.2, 0.25) is 0 Å². The van der Waals surface area contributed by atoms with Gasteiger partial charge in [-0.25, -0.2) is 0 Å². The molecule has 12 heteroatoms. The lowest BCUT2D eigenvalue weighted by Crippen LogP contribution is -2.66. The molecule has 0 aromatic carbocycles. The highest BCUT2D eigenvalue weighted by Crippen LogP contribution is 2.28. The Labute approximate surface area is 192 Å². The van der Waals surface area contributed by atoms with E-state index < -0.39 is 60.4 Å². The largest absolute Gasteiger partial charge is 0.481 e. The van der Waals surface area contributed by atoms with Crippen LogP contribution in [0.3, 0.4) is 0 Å². The van der Waals surface area contributed by atoms with Crippen LogP contribution in [0.25, 0.3) is 0 Å². The predicted octanol–water partition coefficient (Wildman–Crippen LogP) is 0.694. The average molecular weight is 475 g/mol. The molecule has 1 saturated heterocycles. The average Bonchev–Trinajstić information content (AvgIpc) is 2.68. The van der Waals surface area contributed by atoms with E-state index >= 15 is 0 Å². The monoisotopic (exact) mass is 475 g/mol. The van der Waals surface area contributed by atoms with Crippen LogP contribution < -0.4 is 5.32 Å². The van der Waals surface area contributed by atoms with E-state index in [1.165, 1.54) is 20.8 Å². The van der Waals surface area contributed by atoms with Gasteiger partial charge in [0.15, 0.2) is 18.5 Å². The molecule has 0 aromatic rings. The third-order valence-electron chi connectivity index (χ3n) is 4.64. The quantitative estimate of drug-likeness (QED) is 0.219. The highest BCUT2D eigenvalue weighted by atomic mass is 16.7. The molecule has 5 atom stereocenters. The van der Waals surface area contributed by atoms with Gasteiger partial charge in [0, 0.05) is 40.7 Å². The molecule has 12 nitrogen and oxygen atoms in total. The highest BCUT2D eigenvalue weighted by Gasteiger charge is 2.51. The van der Waals surface area contributed by atoms with Gasteiger partial charge < -0.3 is 34.1 Å². The molecule has 2 N–H and O–H groups in total. The van der Waals surface area contributed by atoms with E-state index in [0.717, 1.165) is 6.92 Å². The first kappa shape index (κ1) is 28.3. The lowest BCUT2D eigenvalue weighted by Gasteiger charge is -2.44. The molecule has 188 valence electrons. The number of ether oxygens (including phenoxy) is 5. The minimum Gasteiger partial charge on any atom is -0.481 e. The smallest absolute Gasteiger partial charge is 0.303 e. The van der Waals surface area contributed by atoms with E-state index in [-0.39, 0.29) is 19.6 Å². The summed E-state index contributed by atoms with van der Waals surface area (Å²) in [6.45, 7) is 4.70. The molecular weight excluding hydrogens is 442 g/mol. The number of hydrogen-bond acceptors (Lipinski definition) is 10. The van der Waals surface area contributed by atoms with Gasteiger partial charge in [-0.2, -0.15) is 0 Å². The summed E-state index contributed by atoms with van der Waals surface area (Å²) in [5, 5.41) is 11.3. The van der Waals surface area contributed by atoms with Gasteiger partial charge in [-0.1, -0.05) is 12.8 Å². The molecule has 1 aliphatic rings. The zero-order chi connectivity index (χ0) is 25.0. The van der Waals surface area contributed by atoms with Crippen molar-refractivity contribution >= 4 is 29.8 Å². The lowest BCUT2D eigenvalue weighted by atomic mass is 9.96. The van der Waals surface area contributed by atoms with Gasteiger partial charge in [-0.05, 0) is 12.8 Å². The Morgan fingerprint density at radius 3 is 2.00 bits per heavy atom. The third-order valence-corrected chi connectivity index (χ3v) is 4.64. The molecule has 2 unspecified atom stereocenters. The van der Waals surface area contributed by atoms with Crippen LogP contribution in [0.5, 0.6) is 0 Å². The first-order valence-corrected chi connectivity index (χ1v) is 10.7. The number of nitrogens with one attached hydrogen (secondary N) is 1. The summed E-state index contributed by atoms with van der Waals surface area (Å²) in [5.41, 5.74) is 0. The summed E-state index contributed by atoms with van der Waals surface area (Å²) in [6.07, 6.45) is -1.79. The van der Waals surface area contributed by atoms with Crippen LogP contribution in [0, 0.1) is 0 Å². The number of carboxylic acids is 1. The SMILES string of the molecule is CC(=O)NC1[C@H](OCCCCCCC(=O)O)OC(COC(C)=O)[C@H](OC(C)=O)[C@@H]1OC(C)=O. The Morgan fingerprint density at radius 1 is 0.848 bits per heavy atom. The molecule has 0 aliphatic carbocycles. The second-order valence-electron chi connectivity index (χ2n) is 7.65.